The number of aromatic nitrogens is 1. The van der Waals surface area contributed by atoms with Gasteiger partial charge in [-0.3, -0.25) is 9.52 Å². The van der Waals surface area contributed by atoms with Crippen LogP contribution in [0.15, 0.2) is 18.2 Å². The zero-order valence-corrected chi connectivity index (χ0v) is 12.2. The first-order chi connectivity index (χ1) is 8.67. The molecule has 18 heavy (non-hydrogen) atoms. The monoisotopic (exact) mass is 266 g/mol. The van der Waals surface area contributed by atoms with Crippen LogP contribution in [0.3, 0.4) is 0 Å². The third kappa shape index (κ3) is 5.19. The second-order valence-electron chi connectivity index (χ2n) is 4.45. The van der Waals surface area contributed by atoms with Crippen LogP contribution in [0.25, 0.3) is 0 Å². The van der Waals surface area contributed by atoms with Crippen molar-refractivity contribution in [2.24, 2.45) is 0 Å². The summed E-state index contributed by atoms with van der Waals surface area (Å²) in [6, 6.07) is 5.94. The van der Waals surface area contributed by atoms with E-state index in [-0.39, 0.29) is 5.12 Å². The van der Waals surface area contributed by atoms with Gasteiger partial charge in [0.2, 0.25) is 0 Å². The highest BCUT2D eigenvalue weighted by Crippen LogP contribution is 2.13. The molecule has 0 bridgehead atoms. The van der Waals surface area contributed by atoms with E-state index in [2.05, 4.69) is 23.6 Å². The lowest BCUT2D eigenvalue weighted by Crippen LogP contribution is -2.24. The number of pyridine rings is 1. The molecule has 100 valence electrons. The van der Waals surface area contributed by atoms with Crippen LogP contribution < -0.4 is 4.72 Å². The molecule has 1 rings (SSSR count). The molecule has 0 amide bonds. The van der Waals surface area contributed by atoms with E-state index in [1.54, 1.807) is 6.07 Å². The maximum atomic E-state index is 11.9. The van der Waals surface area contributed by atoms with Gasteiger partial charge in [0.1, 0.15) is 5.69 Å². The molecule has 3 nitrogen and oxygen atoms in total. The van der Waals surface area contributed by atoms with Crippen molar-refractivity contribution in [3.05, 3.63) is 29.6 Å². The fourth-order valence-corrected chi connectivity index (χ4v) is 2.53. The largest absolute Gasteiger partial charge is 0.278 e. The molecular weight excluding hydrogens is 244 g/mol. The maximum Gasteiger partial charge on any atom is 0.252 e. The molecule has 4 heteroatoms. The summed E-state index contributed by atoms with van der Waals surface area (Å²) in [5.41, 5.74) is 1.40. The van der Waals surface area contributed by atoms with Crippen molar-refractivity contribution < 1.29 is 4.79 Å². The first-order valence-electron chi connectivity index (χ1n) is 6.57. The summed E-state index contributed by atoms with van der Waals surface area (Å²) in [5, 5.41) is -0.00379. The first-order valence-corrected chi connectivity index (χ1v) is 7.39. The summed E-state index contributed by atoms with van der Waals surface area (Å²) >= 11 is 1.17. The number of carbonyl (C=O) groups excluding carboxylic acids is 1. The maximum absolute atomic E-state index is 11.9. The number of rotatable bonds is 7. The Hall–Kier alpha value is -0.870. The van der Waals surface area contributed by atoms with E-state index in [1.807, 2.05) is 19.1 Å². The van der Waals surface area contributed by atoms with Crippen molar-refractivity contribution in [2.45, 2.75) is 52.5 Å². The molecule has 0 fully saturated rings. The van der Waals surface area contributed by atoms with Crippen molar-refractivity contribution in [1.82, 2.24) is 9.71 Å². The van der Waals surface area contributed by atoms with Crippen molar-refractivity contribution in [3.8, 4) is 0 Å². The zero-order chi connectivity index (χ0) is 13.4. The summed E-state index contributed by atoms with van der Waals surface area (Å²) in [6.45, 7) is 6.23. The fraction of sp³-hybridized carbons (Fsp3) is 0.571. The fourth-order valence-electron chi connectivity index (χ4n) is 1.80. The lowest BCUT2D eigenvalue weighted by molar-refractivity contribution is 0.108. The van der Waals surface area contributed by atoms with Gasteiger partial charge in [-0.05, 0) is 31.9 Å². The molecule has 0 aliphatic carbocycles. The van der Waals surface area contributed by atoms with E-state index in [0.29, 0.717) is 11.7 Å². The van der Waals surface area contributed by atoms with E-state index >= 15 is 0 Å². The third-order valence-electron chi connectivity index (χ3n) is 2.69. The molecule has 0 spiro atoms. The molecule has 0 atom stereocenters. The summed E-state index contributed by atoms with van der Waals surface area (Å²) in [7, 11) is 0. The van der Waals surface area contributed by atoms with Crippen LogP contribution in [0.1, 0.15) is 55.7 Å². The number of hydrogen-bond acceptors (Lipinski definition) is 4. The normalized spacial score (nSPS) is 10.9. The number of nitrogens with one attached hydrogen (secondary N) is 1. The lowest BCUT2D eigenvalue weighted by atomic mass is 10.1. The van der Waals surface area contributed by atoms with E-state index in [0.717, 1.165) is 31.4 Å². The summed E-state index contributed by atoms with van der Waals surface area (Å²) in [4.78, 5) is 16.2. The van der Waals surface area contributed by atoms with Crippen LogP contribution >= 0.6 is 11.9 Å². The minimum atomic E-state index is -0.00379. The number of nitrogens with zero attached hydrogens (tertiary/aromatic N) is 1. The van der Waals surface area contributed by atoms with Crippen molar-refractivity contribution in [1.29, 1.82) is 0 Å². The second kappa shape index (κ2) is 8.27. The van der Waals surface area contributed by atoms with Crippen molar-refractivity contribution >= 4 is 17.1 Å². The molecule has 0 aromatic carbocycles. The molecule has 1 heterocycles. The Bertz CT molecular complexity index is 376. The summed E-state index contributed by atoms with van der Waals surface area (Å²) in [6.07, 6.45) is 4.48. The predicted octanol–water partition coefficient (Wildman–Crippen LogP) is 3.74. The van der Waals surface area contributed by atoms with Gasteiger partial charge in [0, 0.05) is 23.7 Å². The van der Waals surface area contributed by atoms with Crippen LogP contribution in [0, 0.1) is 6.92 Å². The van der Waals surface area contributed by atoms with Gasteiger partial charge in [0.25, 0.3) is 5.12 Å². The van der Waals surface area contributed by atoms with Gasteiger partial charge in [-0.15, -0.1) is 0 Å². The van der Waals surface area contributed by atoms with Crippen LogP contribution in [-0.4, -0.2) is 16.1 Å². The SMILES string of the molecule is CCCC(CCC)NSC(=O)c1cccc(C)n1. The van der Waals surface area contributed by atoms with Gasteiger partial charge in [0.05, 0.1) is 0 Å². The molecule has 0 unspecified atom stereocenters. The van der Waals surface area contributed by atoms with Gasteiger partial charge in [-0.25, -0.2) is 4.98 Å². The summed E-state index contributed by atoms with van der Waals surface area (Å²) in [5.74, 6) is 0. The quantitative estimate of drug-likeness (QED) is 0.763. The molecule has 0 saturated carbocycles. The second-order valence-corrected chi connectivity index (χ2v) is 5.26. The van der Waals surface area contributed by atoms with Gasteiger partial charge in [-0.2, -0.15) is 0 Å². The van der Waals surface area contributed by atoms with Crippen molar-refractivity contribution in [2.75, 3.05) is 0 Å². The lowest BCUT2D eigenvalue weighted by Gasteiger charge is -2.15. The summed E-state index contributed by atoms with van der Waals surface area (Å²) < 4.78 is 3.27. The minimum absolute atomic E-state index is 0.00379. The molecule has 1 aromatic rings. The zero-order valence-electron chi connectivity index (χ0n) is 11.4. The number of aryl methyl sites for hydroxylation is 1. The Morgan fingerprint density at radius 3 is 2.56 bits per heavy atom. The highest BCUT2D eigenvalue weighted by molar-refractivity contribution is 8.12. The average molecular weight is 266 g/mol. The van der Waals surface area contributed by atoms with E-state index in [9.17, 15) is 4.79 Å². The predicted molar refractivity (Wildman–Crippen MR) is 77.6 cm³/mol. The minimum Gasteiger partial charge on any atom is -0.278 e. The molecule has 0 aliphatic heterocycles. The van der Waals surface area contributed by atoms with Gasteiger partial charge in [-0.1, -0.05) is 32.8 Å². The Morgan fingerprint density at radius 2 is 2.00 bits per heavy atom. The van der Waals surface area contributed by atoms with Gasteiger partial charge >= 0.3 is 0 Å². The molecule has 0 radical (unpaired) electrons. The highest BCUT2D eigenvalue weighted by Gasteiger charge is 2.12. The Morgan fingerprint density at radius 1 is 1.33 bits per heavy atom. The number of hydrogen-bond donors (Lipinski definition) is 1. The number of carbonyl (C=O) groups is 1. The van der Waals surface area contributed by atoms with Crippen LogP contribution in [0.2, 0.25) is 0 Å². The Kier molecular flexibility index (Phi) is 6.98. The van der Waals surface area contributed by atoms with Gasteiger partial charge < -0.3 is 0 Å². The molecule has 0 saturated heterocycles. The highest BCUT2D eigenvalue weighted by atomic mass is 32.2. The van der Waals surface area contributed by atoms with Crippen molar-refractivity contribution in [3.63, 3.8) is 0 Å². The van der Waals surface area contributed by atoms with E-state index < -0.39 is 0 Å². The Balaban J connectivity index is 2.49. The topological polar surface area (TPSA) is 42.0 Å². The van der Waals surface area contributed by atoms with E-state index in [1.165, 1.54) is 11.9 Å². The third-order valence-corrected chi connectivity index (χ3v) is 3.54. The first kappa shape index (κ1) is 15.2. The van der Waals surface area contributed by atoms with Crippen LogP contribution in [-0.2, 0) is 0 Å². The van der Waals surface area contributed by atoms with Gasteiger partial charge in [0.15, 0.2) is 0 Å². The van der Waals surface area contributed by atoms with E-state index in [4.69, 9.17) is 0 Å². The molecule has 1 aromatic heterocycles. The Labute approximate surface area is 114 Å². The average Bonchev–Trinajstić information content (AvgIpc) is 2.36. The van der Waals surface area contributed by atoms with Crippen LogP contribution in [0.5, 0.6) is 0 Å². The molecule has 1 N–H and O–H groups in total. The standard InChI is InChI=1S/C14H22N2OS/c1-4-7-12(8-5-2)16-18-14(17)13-10-6-9-11(3)15-13/h6,9-10,12,16H,4-5,7-8H2,1-3H3. The molecular formula is C14H22N2OS. The molecule has 0 aliphatic rings. The smallest absolute Gasteiger partial charge is 0.252 e. The van der Waals surface area contributed by atoms with Crippen LogP contribution in [0.4, 0.5) is 0 Å².